The third kappa shape index (κ3) is 9.59. The van der Waals surface area contributed by atoms with Crippen molar-refractivity contribution in [1.29, 1.82) is 0 Å². The van der Waals surface area contributed by atoms with Gasteiger partial charge in [0.05, 0.1) is 6.61 Å². The number of benzene rings is 1. The quantitative estimate of drug-likeness (QED) is 0.707. The predicted molar refractivity (Wildman–Crippen MR) is 96.0 cm³/mol. The van der Waals surface area contributed by atoms with Crippen LogP contribution in [0.15, 0.2) is 24.3 Å². The van der Waals surface area contributed by atoms with Crippen molar-refractivity contribution in [2.45, 2.75) is 65.0 Å². The maximum absolute atomic E-state index is 12.0. The second-order valence-corrected chi connectivity index (χ2v) is 6.98. The minimum Gasteiger partial charge on any atom is -0.494 e. The number of hydrogen-bond donors (Lipinski definition) is 2. The van der Waals surface area contributed by atoms with Crippen LogP contribution in [0.25, 0.3) is 0 Å². The fraction of sp³-hybridized carbons (Fsp3) is 0.579. The average Bonchev–Trinajstić information content (AvgIpc) is 2.49. The second-order valence-electron chi connectivity index (χ2n) is 6.98. The van der Waals surface area contributed by atoms with Crippen molar-refractivity contribution in [3.8, 4) is 5.75 Å². The molecule has 6 nitrogen and oxygen atoms in total. The molecule has 2 N–H and O–H groups in total. The van der Waals surface area contributed by atoms with Crippen LogP contribution < -0.4 is 10.1 Å². The maximum atomic E-state index is 12.0. The largest absolute Gasteiger partial charge is 0.494 e. The second kappa shape index (κ2) is 9.91. The first-order valence-corrected chi connectivity index (χ1v) is 8.62. The summed E-state index contributed by atoms with van der Waals surface area (Å²) in [6.45, 7) is 8.03. The number of ether oxygens (including phenoxy) is 2. The number of aliphatic carboxylic acids is 1. The minimum atomic E-state index is -0.893. The smallest absolute Gasteiger partial charge is 0.407 e. The number of carbonyl (C=O) groups excluding carboxylic acids is 1. The Labute approximate surface area is 149 Å². The maximum Gasteiger partial charge on any atom is 0.407 e. The van der Waals surface area contributed by atoms with Gasteiger partial charge >= 0.3 is 12.1 Å². The van der Waals surface area contributed by atoms with E-state index in [4.69, 9.17) is 14.6 Å². The summed E-state index contributed by atoms with van der Waals surface area (Å²) in [7, 11) is 0. The highest BCUT2D eigenvalue weighted by Gasteiger charge is 2.20. The molecule has 0 spiro atoms. The van der Waals surface area contributed by atoms with Crippen LogP contribution in [0, 0.1) is 0 Å². The number of nitrogens with one attached hydrogen (secondary N) is 1. The minimum absolute atomic E-state index is 0.0213. The number of carboxylic acid groups (broad SMARTS) is 1. The molecule has 0 fully saturated rings. The molecule has 6 heteroatoms. The van der Waals surface area contributed by atoms with Crippen molar-refractivity contribution in [2.75, 3.05) is 6.61 Å². The normalized spacial score (nSPS) is 12.3. The van der Waals surface area contributed by atoms with E-state index in [1.165, 1.54) is 0 Å². The summed E-state index contributed by atoms with van der Waals surface area (Å²) in [5.41, 5.74) is 0.370. The van der Waals surface area contributed by atoms with Gasteiger partial charge in [0, 0.05) is 12.5 Å². The Bertz CT molecular complexity index is 565. The Morgan fingerprint density at radius 2 is 2.00 bits per heavy atom. The Morgan fingerprint density at radius 1 is 1.28 bits per heavy atom. The van der Waals surface area contributed by atoms with Crippen LogP contribution in [-0.4, -0.2) is 35.4 Å². The molecule has 1 atom stereocenters. The lowest BCUT2D eigenvalue weighted by molar-refractivity contribution is -0.137. The van der Waals surface area contributed by atoms with Gasteiger partial charge in [0.1, 0.15) is 11.4 Å². The molecule has 140 valence electrons. The van der Waals surface area contributed by atoms with Gasteiger partial charge in [0.25, 0.3) is 0 Å². The van der Waals surface area contributed by atoms with Crippen LogP contribution in [0.1, 0.15) is 52.5 Å². The van der Waals surface area contributed by atoms with Gasteiger partial charge in [-0.05, 0) is 57.7 Å². The van der Waals surface area contributed by atoms with E-state index >= 15 is 0 Å². The first kappa shape index (κ1) is 20.8. The van der Waals surface area contributed by atoms with Gasteiger partial charge in [0.2, 0.25) is 0 Å². The molecule has 25 heavy (non-hydrogen) atoms. The monoisotopic (exact) mass is 351 g/mol. The van der Waals surface area contributed by atoms with Crippen LogP contribution in [0.2, 0.25) is 0 Å². The molecular weight excluding hydrogens is 322 g/mol. The summed E-state index contributed by atoms with van der Waals surface area (Å²) in [6.07, 6.45) is 1.20. The Kier molecular flexibility index (Phi) is 8.25. The van der Waals surface area contributed by atoms with Crippen molar-refractivity contribution in [3.63, 3.8) is 0 Å². The lowest BCUT2D eigenvalue weighted by atomic mass is 10.0. The highest BCUT2D eigenvalue weighted by molar-refractivity contribution is 5.69. The molecule has 0 saturated carbocycles. The third-order valence-electron chi connectivity index (χ3n) is 3.28. The molecule has 0 aliphatic carbocycles. The van der Waals surface area contributed by atoms with Gasteiger partial charge in [-0.1, -0.05) is 19.1 Å². The molecule has 0 bridgehead atoms. The summed E-state index contributed by atoms with van der Waals surface area (Å²) in [6, 6.07) is 7.30. The molecular formula is C19H29NO5. The van der Waals surface area contributed by atoms with Gasteiger partial charge in [-0.2, -0.15) is 0 Å². The van der Waals surface area contributed by atoms with Crippen LogP contribution in [0.3, 0.4) is 0 Å². The van der Waals surface area contributed by atoms with E-state index in [2.05, 4.69) is 5.32 Å². The van der Waals surface area contributed by atoms with Gasteiger partial charge in [0.15, 0.2) is 0 Å². The van der Waals surface area contributed by atoms with Gasteiger partial charge in [-0.3, -0.25) is 4.79 Å². The van der Waals surface area contributed by atoms with Crippen molar-refractivity contribution in [3.05, 3.63) is 29.8 Å². The van der Waals surface area contributed by atoms with Gasteiger partial charge in [-0.15, -0.1) is 0 Å². The molecule has 0 saturated heterocycles. The molecule has 0 radical (unpaired) electrons. The summed E-state index contributed by atoms with van der Waals surface area (Å²) in [4.78, 5) is 22.9. The molecule has 0 heterocycles. The molecule has 1 aromatic rings. The van der Waals surface area contributed by atoms with Crippen molar-refractivity contribution in [2.24, 2.45) is 0 Å². The van der Waals surface area contributed by atoms with Crippen LogP contribution in [0.4, 0.5) is 4.79 Å². The van der Waals surface area contributed by atoms with E-state index in [1.54, 1.807) is 20.8 Å². The van der Waals surface area contributed by atoms with Crippen molar-refractivity contribution < 1.29 is 24.2 Å². The zero-order valence-electron chi connectivity index (χ0n) is 15.5. The number of hydrogen-bond acceptors (Lipinski definition) is 4. The molecule has 1 amide bonds. The van der Waals surface area contributed by atoms with Crippen LogP contribution in [0.5, 0.6) is 5.75 Å². The fourth-order valence-electron chi connectivity index (χ4n) is 2.26. The van der Waals surface area contributed by atoms with Crippen molar-refractivity contribution in [1.82, 2.24) is 5.32 Å². The molecule has 0 aliphatic heterocycles. The number of alkyl carbamates (subject to hydrolysis) is 1. The SMILES string of the molecule is CCCOc1cccc(CC(CCC(=O)O)NC(=O)OC(C)(C)C)c1. The lowest BCUT2D eigenvalue weighted by Crippen LogP contribution is -2.40. The predicted octanol–water partition coefficient (Wildman–Crippen LogP) is 3.78. The van der Waals surface area contributed by atoms with E-state index < -0.39 is 17.7 Å². The van der Waals surface area contributed by atoms with E-state index in [0.29, 0.717) is 19.4 Å². The highest BCUT2D eigenvalue weighted by atomic mass is 16.6. The Balaban J connectivity index is 2.75. The number of carboxylic acids is 1. The van der Waals surface area contributed by atoms with E-state index in [0.717, 1.165) is 17.7 Å². The average molecular weight is 351 g/mol. The first-order valence-electron chi connectivity index (χ1n) is 8.62. The molecule has 1 rings (SSSR count). The summed E-state index contributed by atoms with van der Waals surface area (Å²) < 4.78 is 10.9. The fourth-order valence-corrected chi connectivity index (χ4v) is 2.26. The molecule has 1 aromatic carbocycles. The van der Waals surface area contributed by atoms with E-state index in [9.17, 15) is 9.59 Å². The molecule has 0 aromatic heterocycles. The van der Waals surface area contributed by atoms with Crippen LogP contribution >= 0.6 is 0 Å². The van der Waals surface area contributed by atoms with Crippen molar-refractivity contribution >= 4 is 12.1 Å². The Morgan fingerprint density at radius 3 is 2.60 bits per heavy atom. The molecule has 0 aliphatic rings. The molecule has 1 unspecified atom stereocenters. The summed E-state index contributed by atoms with van der Waals surface area (Å²) in [5, 5.41) is 11.7. The summed E-state index contributed by atoms with van der Waals surface area (Å²) in [5.74, 6) is -0.121. The van der Waals surface area contributed by atoms with Gasteiger partial charge < -0.3 is 19.9 Å². The zero-order chi connectivity index (χ0) is 18.9. The third-order valence-corrected chi connectivity index (χ3v) is 3.28. The lowest BCUT2D eigenvalue weighted by Gasteiger charge is -2.23. The highest BCUT2D eigenvalue weighted by Crippen LogP contribution is 2.17. The Hall–Kier alpha value is -2.24. The number of rotatable bonds is 9. The van der Waals surface area contributed by atoms with E-state index in [1.807, 2.05) is 31.2 Å². The standard InChI is InChI=1S/C19H29NO5/c1-5-11-24-16-8-6-7-14(13-16)12-15(9-10-17(21)22)20-18(23)25-19(2,3)4/h6-8,13,15H,5,9-12H2,1-4H3,(H,20,23)(H,21,22). The van der Waals surface area contributed by atoms with Gasteiger partial charge in [-0.25, -0.2) is 4.79 Å². The topological polar surface area (TPSA) is 84.9 Å². The number of amides is 1. The van der Waals surface area contributed by atoms with Crippen LogP contribution in [-0.2, 0) is 16.0 Å². The zero-order valence-corrected chi connectivity index (χ0v) is 15.5. The first-order chi connectivity index (χ1) is 11.7. The van der Waals surface area contributed by atoms with E-state index in [-0.39, 0.29) is 12.5 Å². The summed E-state index contributed by atoms with van der Waals surface area (Å²) >= 11 is 0. The number of carbonyl (C=O) groups is 2.